The third-order valence-corrected chi connectivity index (χ3v) is 3.64. The SMILES string of the molecule is COc1ccc2c(c1OC)C(=O)O[C@H]2Nc1cccc([N+](=O)[O-])c1. The van der Waals surface area contributed by atoms with Crippen molar-refractivity contribution < 1.29 is 23.9 Å². The molecule has 24 heavy (non-hydrogen) atoms. The first-order valence-electron chi connectivity index (χ1n) is 7.02. The van der Waals surface area contributed by atoms with Crippen LogP contribution >= 0.6 is 0 Å². The van der Waals surface area contributed by atoms with Gasteiger partial charge in [-0.25, -0.2) is 4.79 Å². The van der Waals surface area contributed by atoms with Crippen molar-refractivity contribution in [2.24, 2.45) is 0 Å². The molecule has 0 aliphatic carbocycles. The van der Waals surface area contributed by atoms with Crippen LogP contribution in [0.4, 0.5) is 11.4 Å². The minimum absolute atomic E-state index is 0.0585. The van der Waals surface area contributed by atoms with E-state index in [0.717, 1.165) is 0 Å². The first-order valence-corrected chi connectivity index (χ1v) is 7.02. The lowest BCUT2D eigenvalue weighted by Crippen LogP contribution is -2.10. The zero-order chi connectivity index (χ0) is 17.3. The number of anilines is 1. The van der Waals surface area contributed by atoms with Gasteiger partial charge in [0.05, 0.1) is 19.1 Å². The summed E-state index contributed by atoms with van der Waals surface area (Å²) in [5, 5.41) is 13.8. The van der Waals surface area contributed by atoms with Crippen LogP contribution in [0.1, 0.15) is 22.1 Å². The van der Waals surface area contributed by atoms with E-state index in [1.807, 2.05) is 0 Å². The molecule has 0 radical (unpaired) electrons. The minimum atomic E-state index is -0.769. The van der Waals surface area contributed by atoms with Crippen LogP contribution in [0.5, 0.6) is 11.5 Å². The number of methoxy groups -OCH3 is 2. The van der Waals surface area contributed by atoms with E-state index in [-0.39, 0.29) is 11.3 Å². The highest BCUT2D eigenvalue weighted by Crippen LogP contribution is 2.42. The number of cyclic esters (lactones) is 1. The van der Waals surface area contributed by atoms with Crippen molar-refractivity contribution in [2.75, 3.05) is 19.5 Å². The monoisotopic (exact) mass is 330 g/mol. The van der Waals surface area contributed by atoms with Gasteiger partial charge >= 0.3 is 5.97 Å². The molecule has 124 valence electrons. The first-order chi connectivity index (χ1) is 11.5. The predicted octanol–water partition coefficient (Wildman–Crippen LogP) is 2.89. The van der Waals surface area contributed by atoms with E-state index >= 15 is 0 Å². The van der Waals surface area contributed by atoms with Crippen LogP contribution in [0, 0.1) is 10.1 Å². The molecule has 0 saturated heterocycles. The van der Waals surface area contributed by atoms with E-state index in [2.05, 4.69) is 5.32 Å². The van der Waals surface area contributed by atoms with Gasteiger partial charge in [-0.3, -0.25) is 10.1 Å². The Kier molecular flexibility index (Phi) is 3.95. The third-order valence-electron chi connectivity index (χ3n) is 3.64. The minimum Gasteiger partial charge on any atom is -0.493 e. The molecule has 1 atom stereocenters. The predicted molar refractivity (Wildman–Crippen MR) is 84.4 cm³/mol. The molecule has 0 bridgehead atoms. The van der Waals surface area contributed by atoms with Crippen LogP contribution in [0.25, 0.3) is 0 Å². The van der Waals surface area contributed by atoms with Crippen LogP contribution in [-0.4, -0.2) is 25.1 Å². The molecular formula is C16H14N2O6. The topological polar surface area (TPSA) is 99.9 Å². The van der Waals surface area contributed by atoms with E-state index in [1.54, 1.807) is 24.3 Å². The number of carbonyl (C=O) groups is 1. The number of nitrogens with zero attached hydrogens (tertiary/aromatic N) is 1. The average molecular weight is 330 g/mol. The van der Waals surface area contributed by atoms with E-state index in [1.165, 1.54) is 26.4 Å². The molecule has 8 nitrogen and oxygen atoms in total. The molecular weight excluding hydrogens is 316 g/mol. The van der Waals surface area contributed by atoms with Crippen molar-refractivity contribution in [3.8, 4) is 11.5 Å². The van der Waals surface area contributed by atoms with Crippen LogP contribution in [0.2, 0.25) is 0 Å². The highest BCUT2D eigenvalue weighted by Gasteiger charge is 2.36. The smallest absolute Gasteiger partial charge is 0.344 e. The summed E-state index contributed by atoms with van der Waals surface area (Å²) >= 11 is 0. The Morgan fingerprint density at radius 2 is 2.00 bits per heavy atom. The number of nitro benzene ring substituents is 1. The lowest BCUT2D eigenvalue weighted by molar-refractivity contribution is -0.384. The number of esters is 1. The Morgan fingerprint density at radius 1 is 1.21 bits per heavy atom. The van der Waals surface area contributed by atoms with Gasteiger partial charge in [0, 0.05) is 23.4 Å². The van der Waals surface area contributed by atoms with Crippen LogP contribution in [-0.2, 0) is 4.74 Å². The van der Waals surface area contributed by atoms with Gasteiger partial charge in [-0.2, -0.15) is 0 Å². The van der Waals surface area contributed by atoms with E-state index in [0.29, 0.717) is 22.7 Å². The lowest BCUT2D eigenvalue weighted by atomic mass is 10.1. The number of hydrogen-bond acceptors (Lipinski definition) is 7. The lowest BCUT2D eigenvalue weighted by Gasteiger charge is -2.15. The second kappa shape index (κ2) is 6.07. The Labute approximate surface area is 137 Å². The van der Waals surface area contributed by atoms with Crippen molar-refractivity contribution in [1.82, 2.24) is 0 Å². The number of carbonyl (C=O) groups excluding carboxylic acids is 1. The molecule has 3 rings (SSSR count). The second-order valence-electron chi connectivity index (χ2n) is 5.00. The normalized spacial score (nSPS) is 15.4. The van der Waals surface area contributed by atoms with E-state index in [9.17, 15) is 14.9 Å². The van der Waals surface area contributed by atoms with Gasteiger partial charge in [0.2, 0.25) is 6.23 Å². The van der Waals surface area contributed by atoms with Crippen molar-refractivity contribution in [1.29, 1.82) is 0 Å². The molecule has 1 N–H and O–H groups in total. The molecule has 1 aliphatic rings. The second-order valence-corrected chi connectivity index (χ2v) is 5.00. The zero-order valence-electron chi connectivity index (χ0n) is 12.9. The molecule has 0 amide bonds. The number of fused-ring (bicyclic) bond motifs is 1. The number of nitro groups is 1. The fourth-order valence-corrected chi connectivity index (χ4v) is 2.57. The molecule has 1 heterocycles. The fraction of sp³-hybridized carbons (Fsp3) is 0.188. The fourth-order valence-electron chi connectivity index (χ4n) is 2.57. The zero-order valence-corrected chi connectivity index (χ0v) is 12.9. The number of non-ortho nitro benzene ring substituents is 1. The van der Waals surface area contributed by atoms with Crippen LogP contribution < -0.4 is 14.8 Å². The summed E-state index contributed by atoms with van der Waals surface area (Å²) in [6.45, 7) is 0. The Morgan fingerprint density at radius 3 is 2.67 bits per heavy atom. The summed E-state index contributed by atoms with van der Waals surface area (Å²) in [6.07, 6.45) is -0.769. The molecule has 0 aromatic heterocycles. The van der Waals surface area contributed by atoms with Gasteiger partial charge < -0.3 is 19.5 Å². The maximum atomic E-state index is 12.2. The summed E-state index contributed by atoms with van der Waals surface area (Å²) in [5.41, 5.74) is 1.26. The maximum absolute atomic E-state index is 12.2. The summed E-state index contributed by atoms with van der Waals surface area (Å²) in [6, 6.07) is 9.31. The number of rotatable bonds is 5. The number of ether oxygens (including phenoxy) is 3. The summed E-state index contributed by atoms with van der Waals surface area (Å²) in [5.74, 6) is 0.163. The molecule has 0 unspecified atom stereocenters. The number of benzene rings is 2. The quantitative estimate of drug-likeness (QED) is 0.511. The molecule has 8 heteroatoms. The molecule has 1 aliphatic heterocycles. The van der Waals surface area contributed by atoms with Crippen LogP contribution in [0.3, 0.4) is 0 Å². The van der Waals surface area contributed by atoms with Gasteiger partial charge in [0.25, 0.3) is 5.69 Å². The molecule has 0 spiro atoms. The van der Waals surface area contributed by atoms with Crippen molar-refractivity contribution in [2.45, 2.75) is 6.23 Å². The van der Waals surface area contributed by atoms with Crippen molar-refractivity contribution >= 4 is 17.3 Å². The van der Waals surface area contributed by atoms with E-state index < -0.39 is 17.1 Å². The van der Waals surface area contributed by atoms with E-state index in [4.69, 9.17) is 14.2 Å². The highest BCUT2D eigenvalue weighted by molar-refractivity contribution is 5.98. The maximum Gasteiger partial charge on any atom is 0.344 e. The number of nitrogens with one attached hydrogen (secondary N) is 1. The summed E-state index contributed by atoms with van der Waals surface area (Å²) < 4.78 is 15.8. The Hall–Kier alpha value is -3.29. The summed E-state index contributed by atoms with van der Waals surface area (Å²) in [7, 11) is 2.91. The third kappa shape index (κ3) is 2.58. The standard InChI is InChI=1S/C16H14N2O6/c1-22-12-7-6-11-13(14(12)23-2)16(19)24-15(11)17-9-4-3-5-10(8-9)18(20)21/h3-8,15,17H,1-2H3/t15-/m1/s1. The Bertz CT molecular complexity index is 820. The largest absolute Gasteiger partial charge is 0.493 e. The average Bonchev–Trinajstić information content (AvgIpc) is 2.90. The molecule has 0 fully saturated rings. The van der Waals surface area contributed by atoms with Crippen LogP contribution in [0.15, 0.2) is 36.4 Å². The van der Waals surface area contributed by atoms with Gasteiger partial charge in [-0.1, -0.05) is 6.07 Å². The molecule has 2 aromatic rings. The first kappa shape index (κ1) is 15.6. The molecule has 2 aromatic carbocycles. The van der Waals surface area contributed by atoms with Crippen molar-refractivity contribution in [3.63, 3.8) is 0 Å². The van der Waals surface area contributed by atoms with Gasteiger partial charge in [-0.05, 0) is 18.2 Å². The van der Waals surface area contributed by atoms with Gasteiger partial charge in [-0.15, -0.1) is 0 Å². The van der Waals surface area contributed by atoms with Gasteiger partial charge in [0.15, 0.2) is 11.5 Å². The highest BCUT2D eigenvalue weighted by atomic mass is 16.6. The van der Waals surface area contributed by atoms with Crippen molar-refractivity contribution in [3.05, 3.63) is 57.6 Å². The number of hydrogen-bond donors (Lipinski definition) is 1. The molecule has 0 saturated carbocycles. The van der Waals surface area contributed by atoms with Gasteiger partial charge in [0.1, 0.15) is 5.56 Å². The summed E-state index contributed by atoms with van der Waals surface area (Å²) in [4.78, 5) is 22.5. The Balaban J connectivity index is 1.95.